The second-order valence-corrected chi connectivity index (χ2v) is 6.96. The quantitative estimate of drug-likeness (QED) is 0.846. The van der Waals surface area contributed by atoms with Crippen LogP contribution in [0.2, 0.25) is 0 Å². The molecule has 0 bridgehead atoms. The predicted octanol–water partition coefficient (Wildman–Crippen LogP) is 2.50. The molecule has 0 spiro atoms. The predicted molar refractivity (Wildman–Crippen MR) is 95.7 cm³/mol. The standard InChI is InChI=1S/C17H21BrN4O2/c1-13-9-16(20-24-13)11-21-5-7-22(8-6-21)12-17(23)19-15-4-2-3-14(18)10-15/h2-4,9-10H,5-8,11-12H2,1H3,(H,19,23). The van der Waals surface area contributed by atoms with E-state index in [2.05, 4.69) is 36.2 Å². The van der Waals surface area contributed by atoms with Crippen LogP contribution in [0.5, 0.6) is 0 Å². The number of hydrogen-bond donors (Lipinski definition) is 1. The highest BCUT2D eigenvalue weighted by Gasteiger charge is 2.20. The molecular weight excluding hydrogens is 372 g/mol. The Morgan fingerprint density at radius 1 is 1.25 bits per heavy atom. The summed E-state index contributed by atoms with van der Waals surface area (Å²) in [6.45, 7) is 6.73. The molecule has 1 aromatic carbocycles. The molecule has 128 valence electrons. The zero-order chi connectivity index (χ0) is 16.9. The number of piperazine rings is 1. The molecule has 0 unspecified atom stereocenters. The molecule has 1 fully saturated rings. The SMILES string of the molecule is Cc1cc(CN2CCN(CC(=O)Nc3cccc(Br)c3)CC2)no1. The van der Waals surface area contributed by atoms with Crippen molar-refractivity contribution in [3.8, 4) is 0 Å². The van der Waals surface area contributed by atoms with Crippen LogP contribution in [0.1, 0.15) is 11.5 Å². The molecule has 1 aliphatic heterocycles. The number of rotatable bonds is 5. The van der Waals surface area contributed by atoms with Crippen LogP contribution in [-0.2, 0) is 11.3 Å². The van der Waals surface area contributed by atoms with E-state index >= 15 is 0 Å². The Labute approximate surface area is 149 Å². The van der Waals surface area contributed by atoms with Crippen molar-refractivity contribution >= 4 is 27.5 Å². The second-order valence-electron chi connectivity index (χ2n) is 6.04. The zero-order valence-electron chi connectivity index (χ0n) is 13.7. The van der Waals surface area contributed by atoms with Gasteiger partial charge < -0.3 is 9.84 Å². The number of carbonyl (C=O) groups is 1. The van der Waals surface area contributed by atoms with Crippen molar-refractivity contribution < 1.29 is 9.32 Å². The van der Waals surface area contributed by atoms with Crippen LogP contribution in [0.4, 0.5) is 5.69 Å². The summed E-state index contributed by atoms with van der Waals surface area (Å²) in [6.07, 6.45) is 0. The van der Waals surface area contributed by atoms with Crippen LogP contribution >= 0.6 is 15.9 Å². The van der Waals surface area contributed by atoms with E-state index in [1.54, 1.807) is 0 Å². The fraction of sp³-hybridized carbons (Fsp3) is 0.412. The molecule has 1 N–H and O–H groups in total. The van der Waals surface area contributed by atoms with E-state index in [9.17, 15) is 4.79 Å². The molecule has 2 aromatic rings. The van der Waals surface area contributed by atoms with Crippen molar-refractivity contribution in [2.24, 2.45) is 0 Å². The number of carbonyl (C=O) groups excluding carboxylic acids is 1. The lowest BCUT2D eigenvalue weighted by Gasteiger charge is -2.33. The fourth-order valence-electron chi connectivity index (χ4n) is 2.80. The first-order valence-corrected chi connectivity index (χ1v) is 8.80. The molecule has 1 saturated heterocycles. The summed E-state index contributed by atoms with van der Waals surface area (Å²) in [4.78, 5) is 16.7. The molecule has 24 heavy (non-hydrogen) atoms. The number of halogens is 1. The van der Waals surface area contributed by atoms with Crippen molar-refractivity contribution in [3.63, 3.8) is 0 Å². The summed E-state index contributed by atoms with van der Waals surface area (Å²) in [5, 5.41) is 6.97. The topological polar surface area (TPSA) is 61.6 Å². The Hall–Kier alpha value is -1.70. The maximum atomic E-state index is 12.2. The van der Waals surface area contributed by atoms with Crippen LogP contribution < -0.4 is 5.32 Å². The maximum Gasteiger partial charge on any atom is 0.238 e. The van der Waals surface area contributed by atoms with Crippen LogP contribution in [-0.4, -0.2) is 53.6 Å². The summed E-state index contributed by atoms with van der Waals surface area (Å²) in [7, 11) is 0. The minimum atomic E-state index is 0.0219. The smallest absolute Gasteiger partial charge is 0.238 e. The molecule has 2 heterocycles. The van der Waals surface area contributed by atoms with Gasteiger partial charge in [0, 0.05) is 49.0 Å². The van der Waals surface area contributed by atoms with Gasteiger partial charge in [0.1, 0.15) is 5.76 Å². The van der Waals surface area contributed by atoms with Crippen LogP contribution in [0, 0.1) is 6.92 Å². The van der Waals surface area contributed by atoms with Gasteiger partial charge in [0.15, 0.2) is 0 Å². The molecular formula is C17H21BrN4O2. The third-order valence-electron chi connectivity index (χ3n) is 4.00. The molecule has 1 aromatic heterocycles. The summed E-state index contributed by atoms with van der Waals surface area (Å²) in [5.74, 6) is 0.863. The lowest BCUT2D eigenvalue weighted by Crippen LogP contribution is -2.48. The van der Waals surface area contributed by atoms with E-state index in [4.69, 9.17) is 4.52 Å². The first-order valence-electron chi connectivity index (χ1n) is 8.01. The average molecular weight is 393 g/mol. The summed E-state index contributed by atoms with van der Waals surface area (Å²) in [6, 6.07) is 9.60. The van der Waals surface area contributed by atoms with Gasteiger partial charge >= 0.3 is 0 Å². The molecule has 0 radical (unpaired) electrons. The van der Waals surface area contributed by atoms with Crippen molar-refractivity contribution in [1.82, 2.24) is 15.0 Å². The molecule has 0 atom stereocenters. The number of nitrogens with one attached hydrogen (secondary N) is 1. The van der Waals surface area contributed by atoms with Gasteiger partial charge in [0.2, 0.25) is 5.91 Å². The van der Waals surface area contributed by atoms with Crippen LogP contribution in [0.3, 0.4) is 0 Å². The van der Waals surface area contributed by atoms with E-state index < -0.39 is 0 Å². The molecule has 6 nitrogen and oxygen atoms in total. The summed E-state index contributed by atoms with van der Waals surface area (Å²) in [5.41, 5.74) is 1.78. The number of aryl methyl sites for hydroxylation is 1. The van der Waals surface area contributed by atoms with E-state index in [1.807, 2.05) is 37.3 Å². The minimum absolute atomic E-state index is 0.0219. The maximum absolute atomic E-state index is 12.2. The number of nitrogens with zero attached hydrogens (tertiary/aromatic N) is 3. The van der Waals surface area contributed by atoms with Gasteiger partial charge in [0.05, 0.1) is 12.2 Å². The lowest BCUT2D eigenvalue weighted by molar-refractivity contribution is -0.117. The molecule has 1 aliphatic rings. The van der Waals surface area contributed by atoms with Crippen molar-refractivity contribution in [3.05, 3.63) is 46.3 Å². The van der Waals surface area contributed by atoms with Crippen LogP contribution in [0.25, 0.3) is 0 Å². The van der Waals surface area contributed by atoms with Gasteiger partial charge in [-0.25, -0.2) is 0 Å². The average Bonchev–Trinajstić information content (AvgIpc) is 2.94. The molecule has 0 aliphatic carbocycles. The van der Waals surface area contributed by atoms with Gasteiger partial charge in [-0.2, -0.15) is 0 Å². The first kappa shape index (κ1) is 17.1. The summed E-state index contributed by atoms with van der Waals surface area (Å²) >= 11 is 3.41. The van der Waals surface area contributed by atoms with E-state index in [0.717, 1.165) is 54.3 Å². The zero-order valence-corrected chi connectivity index (χ0v) is 15.3. The van der Waals surface area contributed by atoms with Crippen LogP contribution in [0.15, 0.2) is 39.3 Å². The number of anilines is 1. The molecule has 7 heteroatoms. The molecule has 3 rings (SSSR count). The third-order valence-corrected chi connectivity index (χ3v) is 4.50. The highest BCUT2D eigenvalue weighted by atomic mass is 79.9. The fourth-order valence-corrected chi connectivity index (χ4v) is 3.20. The number of amides is 1. The Morgan fingerprint density at radius 3 is 2.67 bits per heavy atom. The highest BCUT2D eigenvalue weighted by molar-refractivity contribution is 9.10. The second kappa shape index (κ2) is 7.92. The van der Waals surface area contributed by atoms with Crippen molar-refractivity contribution in [1.29, 1.82) is 0 Å². The Bertz CT molecular complexity index is 695. The van der Waals surface area contributed by atoms with Crippen molar-refractivity contribution in [2.75, 3.05) is 38.0 Å². The van der Waals surface area contributed by atoms with Gasteiger partial charge in [-0.15, -0.1) is 0 Å². The monoisotopic (exact) mass is 392 g/mol. The van der Waals surface area contributed by atoms with Gasteiger partial charge in [-0.3, -0.25) is 14.6 Å². The lowest BCUT2D eigenvalue weighted by atomic mass is 10.2. The van der Waals surface area contributed by atoms with Gasteiger partial charge in [-0.05, 0) is 25.1 Å². The van der Waals surface area contributed by atoms with E-state index in [0.29, 0.717) is 6.54 Å². The minimum Gasteiger partial charge on any atom is -0.361 e. The Kier molecular flexibility index (Phi) is 5.65. The van der Waals surface area contributed by atoms with E-state index in [-0.39, 0.29) is 5.91 Å². The highest BCUT2D eigenvalue weighted by Crippen LogP contribution is 2.15. The van der Waals surface area contributed by atoms with Crippen molar-refractivity contribution in [2.45, 2.75) is 13.5 Å². The third kappa shape index (κ3) is 4.90. The van der Waals surface area contributed by atoms with E-state index in [1.165, 1.54) is 0 Å². The number of aromatic nitrogens is 1. The normalized spacial score (nSPS) is 16.2. The number of hydrogen-bond acceptors (Lipinski definition) is 5. The number of benzene rings is 1. The molecule has 0 saturated carbocycles. The van der Waals surface area contributed by atoms with Gasteiger partial charge in [0.25, 0.3) is 0 Å². The first-order chi connectivity index (χ1) is 11.6. The molecule has 1 amide bonds. The van der Waals surface area contributed by atoms with Gasteiger partial charge in [-0.1, -0.05) is 27.2 Å². The largest absolute Gasteiger partial charge is 0.361 e. The Morgan fingerprint density at radius 2 is 2.00 bits per heavy atom. The summed E-state index contributed by atoms with van der Waals surface area (Å²) < 4.78 is 6.06. The Balaban J connectivity index is 1.42.